The standard InChI is InChI=1S/C11H16N4O/c1-8(2)10-4-11-12-5-9(6-14(3)16)7-15(11)13-10/h4-5,7-8,16H,6H2,1-3H3. The van der Waals surface area contributed by atoms with E-state index >= 15 is 0 Å². The summed E-state index contributed by atoms with van der Waals surface area (Å²) >= 11 is 0. The average Bonchev–Trinajstić information content (AvgIpc) is 2.59. The van der Waals surface area contributed by atoms with Gasteiger partial charge in [-0.1, -0.05) is 13.8 Å². The number of rotatable bonds is 3. The van der Waals surface area contributed by atoms with Gasteiger partial charge in [0.05, 0.1) is 12.2 Å². The van der Waals surface area contributed by atoms with E-state index in [1.54, 1.807) is 17.8 Å². The molecule has 0 unspecified atom stereocenters. The van der Waals surface area contributed by atoms with Crippen molar-refractivity contribution >= 4 is 5.65 Å². The number of nitrogens with zero attached hydrogens (tertiary/aromatic N) is 4. The molecule has 2 heterocycles. The molecular weight excluding hydrogens is 204 g/mol. The molecule has 0 aromatic carbocycles. The highest BCUT2D eigenvalue weighted by molar-refractivity contribution is 5.40. The molecule has 0 amide bonds. The zero-order chi connectivity index (χ0) is 11.7. The van der Waals surface area contributed by atoms with Gasteiger partial charge in [0.25, 0.3) is 0 Å². The first-order valence-electron chi connectivity index (χ1n) is 5.30. The molecule has 5 heteroatoms. The van der Waals surface area contributed by atoms with Gasteiger partial charge in [0.2, 0.25) is 0 Å². The predicted octanol–water partition coefficient (Wildman–Crippen LogP) is 1.67. The first kappa shape index (κ1) is 11.0. The van der Waals surface area contributed by atoms with Gasteiger partial charge in [-0.3, -0.25) is 0 Å². The second-order valence-electron chi connectivity index (χ2n) is 4.30. The fourth-order valence-corrected chi connectivity index (χ4v) is 1.56. The highest BCUT2D eigenvalue weighted by Crippen LogP contribution is 2.14. The number of fused-ring (bicyclic) bond motifs is 1. The molecule has 0 bridgehead atoms. The Balaban J connectivity index is 2.38. The molecule has 2 aromatic heterocycles. The monoisotopic (exact) mass is 220 g/mol. The molecule has 0 aliphatic rings. The van der Waals surface area contributed by atoms with E-state index < -0.39 is 0 Å². The Hall–Kier alpha value is -1.46. The van der Waals surface area contributed by atoms with E-state index in [1.165, 1.54) is 0 Å². The fraction of sp³-hybridized carbons (Fsp3) is 0.455. The zero-order valence-electron chi connectivity index (χ0n) is 9.75. The van der Waals surface area contributed by atoms with Crippen molar-refractivity contribution in [3.05, 3.63) is 29.7 Å². The Morgan fingerprint density at radius 2 is 2.25 bits per heavy atom. The molecule has 0 aliphatic carbocycles. The van der Waals surface area contributed by atoms with Gasteiger partial charge in [0, 0.05) is 31.1 Å². The van der Waals surface area contributed by atoms with Crippen molar-refractivity contribution in [2.45, 2.75) is 26.3 Å². The fourth-order valence-electron chi connectivity index (χ4n) is 1.56. The maximum absolute atomic E-state index is 9.15. The van der Waals surface area contributed by atoms with Crippen LogP contribution < -0.4 is 0 Å². The van der Waals surface area contributed by atoms with E-state index in [0.717, 1.165) is 22.0 Å². The summed E-state index contributed by atoms with van der Waals surface area (Å²) in [5, 5.41) is 14.7. The van der Waals surface area contributed by atoms with Crippen LogP contribution in [0.3, 0.4) is 0 Å². The second-order valence-corrected chi connectivity index (χ2v) is 4.30. The van der Waals surface area contributed by atoms with Crippen LogP contribution in [-0.2, 0) is 6.54 Å². The number of hydroxylamine groups is 2. The lowest BCUT2D eigenvalue weighted by Gasteiger charge is -2.07. The highest BCUT2D eigenvalue weighted by Gasteiger charge is 2.07. The van der Waals surface area contributed by atoms with E-state index in [2.05, 4.69) is 23.9 Å². The predicted molar refractivity (Wildman–Crippen MR) is 60.3 cm³/mol. The van der Waals surface area contributed by atoms with Crippen LogP contribution >= 0.6 is 0 Å². The first-order valence-corrected chi connectivity index (χ1v) is 5.30. The summed E-state index contributed by atoms with van der Waals surface area (Å²) in [5.41, 5.74) is 2.80. The van der Waals surface area contributed by atoms with Gasteiger partial charge in [-0.15, -0.1) is 0 Å². The van der Waals surface area contributed by atoms with Crippen LogP contribution in [0, 0.1) is 0 Å². The third-order valence-electron chi connectivity index (χ3n) is 2.39. The molecule has 0 aliphatic heterocycles. The Morgan fingerprint density at radius 1 is 1.50 bits per heavy atom. The van der Waals surface area contributed by atoms with Crippen LogP contribution in [0.5, 0.6) is 0 Å². The van der Waals surface area contributed by atoms with E-state index in [-0.39, 0.29) is 0 Å². The maximum atomic E-state index is 9.15. The maximum Gasteiger partial charge on any atom is 0.155 e. The molecule has 0 atom stereocenters. The molecule has 0 saturated carbocycles. The molecule has 0 fully saturated rings. The summed E-state index contributed by atoms with van der Waals surface area (Å²) in [6.07, 6.45) is 3.65. The van der Waals surface area contributed by atoms with Gasteiger partial charge in [-0.2, -0.15) is 10.2 Å². The minimum atomic E-state index is 0.394. The molecule has 5 nitrogen and oxygen atoms in total. The van der Waals surface area contributed by atoms with Gasteiger partial charge in [-0.25, -0.2) is 9.50 Å². The number of hydrogen-bond acceptors (Lipinski definition) is 4. The van der Waals surface area contributed by atoms with Crippen LogP contribution in [0.1, 0.15) is 31.0 Å². The smallest absolute Gasteiger partial charge is 0.155 e. The lowest BCUT2D eigenvalue weighted by atomic mass is 10.1. The summed E-state index contributed by atoms with van der Waals surface area (Å²) < 4.78 is 1.76. The van der Waals surface area contributed by atoms with Crippen molar-refractivity contribution in [2.24, 2.45) is 0 Å². The Bertz CT molecular complexity index is 490. The van der Waals surface area contributed by atoms with Gasteiger partial charge < -0.3 is 5.21 Å². The molecule has 0 radical (unpaired) electrons. The summed E-state index contributed by atoms with van der Waals surface area (Å²) in [4.78, 5) is 4.30. The largest absolute Gasteiger partial charge is 0.314 e. The van der Waals surface area contributed by atoms with Crippen molar-refractivity contribution in [1.29, 1.82) is 0 Å². The lowest BCUT2D eigenvalue weighted by molar-refractivity contribution is -0.0733. The Kier molecular flexibility index (Phi) is 2.89. The van der Waals surface area contributed by atoms with Crippen LogP contribution in [0.4, 0.5) is 0 Å². The topological polar surface area (TPSA) is 53.7 Å². The van der Waals surface area contributed by atoms with Crippen molar-refractivity contribution < 1.29 is 5.21 Å². The molecule has 2 rings (SSSR count). The zero-order valence-corrected chi connectivity index (χ0v) is 9.75. The Labute approximate surface area is 94.3 Å². The normalized spacial score (nSPS) is 11.9. The minimum Gasteiger partial charge on any atom is -0.314 e. The van der Waals surface area contributed by atoms with E-state index in [4.69, 9.17) is 5.21 Å². The third-order valence-corrected chi connectivity index (χ3v) is 2.39. The number of hydrogen-bond donors (Lipinski definition) is 1. The van der Waals surface area contributed by atoms with Crippen molar-refractivity contribution in [3.63, 3.8) is 0 Å². The van der Waals surface area contributed by atoms with E-state index in [9.17, 15) is 0 Å². The van der Waals surface area contributed by atoms with E-state index in [1.807, 2.05) is 12.3 Å². The summed E-state index contributed by atoms with van der Waals surface area (Å²) in [6.45, 7) is 4.65. The summed E-state index contributed by atoms with van der Waals surface area (Å²) in [7, 11) is 1.60. The van der Waals surface area contributed by atoms with Gasteiger partial charge in [0.15, 0.2) is 5.65 Å². The van der Waals surface area contributed by atoms with Crippen LogP contribution in [0.2, 0.25) is 0 Å². The van der Waals surface area contributed by atoms with Gasteiger partial charge in [-0.05, 0) is 5.92 Å². The quantitative estimate of drug-likeness (QED) is 0.799. The minimum absolute atomic E-state index is 0.394. The van der Waals surface area contributed by atoms with Crippen molar-refractivity contribution in [3.8, 4) is 0 Å². The molecule has 2 aromatic rings. The molecule has 1 N–H and O–H groups in total. The average molecular weight is 220 g/mol. The lowest BCUT2D eigenvalue weighted by Crippen LogP contribution is -2.12. The summed E-state index contributed by atoms with van der Waals surface area (Å²) in [5.74, 6) is 0.394. The van der Waals surface area contributed by atoms with Crippen molar-refractivity contribution in [1.82, 2.24) is 19.7 Å². The molecular formula is C11H16N4O. The first-order chi connectivity index (χ1) is 7.56. The van der Waals surface area contributed by atoms with Crippen molar-refractivity contribution in [2.75, 3.05) is 7.05 Å². The van der Waals surface area contributed by atoms with Crippen LogP contribution in [-0.4, -0.2) is 31.9 Å². The molecule has 86 valence electrons. The molecule has 16 heavy (non-hydrogen) atoms. The summed E-state index contributed by atoms with van der Waals surface area (Å²) in [6, 6.07) is 1.98. The SMILES string of the molecule is CC(C)c1cc2ncc(CN(C)O)cn2n1. The van der Waals surface area contributed by atoms with Crippen LogP contribution in [0.15, 0.2) is 18.5 Å². The second kappa shape index (κ2) is 4.19. The van der Waals surface area contributed by atoms with E-state index in [0.29, 0.717) is 12.5 Å². The number of aromatic nitrogens is 3. The van der Waals surface area contributed by atoms with Gasteiger partial charge in [0.1, 0.15) is 0 Å². The third kappa shape index (κ3) is 2.20. The Morgan fingerprint density at radius 3 is 2.88 bits per heavy atom. The van der Waals surface area contributed by atoms with Gasteiger partial charge >= 0.3 is 0 Å². The highest BCUT2D eigenvalue weighted by atomic mass is 16.5. The van der Waals surface area contributed by atoms with Crippen LogP contribution in [0.25, 0.3) is 5.65 Å². The molecule has 0 saturated heterocycles. The molecule has 0 spiro atoms.